The lowest BCUT2D eigenvalue weighted by atomic mass is 9.79. The molecule has 2 aromatic rings. The molecule has 1 N–H and O–H groups in total. The maximum atomic E-state index is 11.9. The first-order chi connectivity index (χ1) is 9.21. The highest BCUT2D eigenvalue weighted by atomic mass is 79.9. The lowest BCUT2D eigenvalue weighted by molar-refractivity contribution is -0.116. The fourth-order valence-electron chi connectivity index (χ4n) is 2.43. The van der Waals surface area contributed by atoms with Crippen molar-refractivity contribution in [2.75, 3.05) is 0 Å². The Balaban J connectivity index is 2.14. The fraction of sp³-hybridized carbons (Fsp3) is 0.133. The van der Waals surface area contributed by atoms with Crippen molar-refractivity contribution in [1.29, 1.82) is 0 Å². The Morgan fingerprint density at radius 1 is 1.16 bits per heavy atom. The van der Waals surface area contributed by atoms with Gasteiger partial charge in [-0.3, -0.25) is 4.79 Å². The molecule has 1 aromatic carbocycles. The average molecular weight is 334 g/mol. The molecule has 0 fully saturated rings. The zero-order valence-corrected chi connectivity index (χ0v) is 12.5. The number of thiophene rings is 1. The van der Waals surface area contributed by atoms with Crippen LogP contribution in [0.1, 0.15) is 17.5 Å². The fourth-order valence-corrected chi connectivity index (χ4v) is 3.42. The van der Waals surface area contributed by atoms with Crippen molar-refractivity contribution < 1.29 is 4.79 Å². The van der Waals surface area contributed by atoms with Crippen molar-refractivity contribution in [3.8, 4) is 0 Å². The molecule has 1 aromatic heterocycles. The summed E-state index contributed by atoms with van der Waals surface area (Å²) in [4.78, 5) is 11.9. The molecule has 0 spiro atoms. The molecule has 0 bridgehead atoms. The van der Waals surface area contributed by atoms with Gasteiger partial charge in [0.25, 0.3) is 0 Å². The average Bonchev–Trinajstić information content (AvgIpc) is 2.93. The van der Waals surface area contributed by atoms with Crippen molar-refractivity contribution in [1.82, 2.24) is 5.32 Å². The summed E-state index contributed by atoms with van der Waals surface area (Å²) in [6.07, 6.45) is 3.80. The van der Waals surface area contributed by atoms with Gasteiger partial charge in [0.05, 0.1) is 5.54 Å². The van der Waals surface area contributed by atoms with Crippen LogP contribution in [0.15, 0.2) is 57.8 Å². The van der Waals surface area contributed by atoms with E-state index in [1.165, 1.54) is 0 Å². The van der Waals surface area contributed by atoms with Gasteiger partial charge in [-0.05, 0) is 46.2 Å². The molecule has 1 atom stereocenters. The first kappa shape index (κ1) is 12.6. The molecule has 1 aliphatic heterocycles. The number of nitrogens with one attached hydrogen (secondary N) is 1. The lowest BCUT2D eigenvalue weighted by Gasteiger charge is -2.36. The van der Waals surface area contributed by atoms with Crippen molar-refractivity contribution in [3.05, 3.63) is 69.0 Å². The highest BCUT2D eigenvalue weighted by molar-refractivity contribution is 9.10. The number of hydrogen-bond acceptors (Lipinski definition) is 3. The molecule has 2 heterocycles. The van der Waals surface area contributed by atoms with Crippen LogP contribution in [0.5, 0.6) is 0 Å². The number of carbonyl (C=O) groups is 1. The number of halogens is 1. The van der Waals surface area contributed by atoms with E-state index in [0.717, 1.165) is 15.6 Å². The molecule has 19 heavy (non-hydrogen) atoms. The number of rotatable bonds is 2. The van der Waals surface area contributed by atoms with Crippen molar-refractivity contribution in [3.63, 3.8) is 0 Å². The van der Waals surface area contributed by atoms with E-state index in [1.807, 2.05) is 17.5 Å². The van der Waals surface area contributed by atoms with Crippen LogP contribution in [0, 0.1) is 0 Å². The van der Waals surface area contributed by atoms with Crippen molar-refractivity contribution in [2.24, 2.45) is 0 Å². The number of ketones is 1. The summed E-state index contributed by atoms with van der Waals surface area (Å²) in [7, 11) is 0. The smallest absolute Gasteiger partial charge is 0.160 e. The predicted octanol–water partition coefficient (Wildman–Crippen LogP) is 3.83. The summed E-state index contributed by atoms with van der Waals surface area (Å²) in [5.74, 6) is 0.146. The van der Waals surface area contributed by atoms with Crippen LogP contribution in [0.4, 0.5) is 0 Å². The Labute approximate surface area is 124 Å². The van der Waals surface area contributed by atoms with Crippen LogP contribution in [0.2, 0.25) is 0 Å². The highest BCUT2D eigenvalue weighted by Crippen LogP contribution is 2.36. The maximum Gasteiger partial charge on any atom is 0.160 e. The van der Waals surface area contributed by atoms with Crippen molar-refractivity contribution in [2.45, 2.75) is 12.0 Å². The molecule has 0 aliphatic carbocycles. The van der Waals surface area contributed by atoms with E-state index in [2.05, 4.69) is 44.8 Å². The van der Waals surface area contributed by atoms with Gasteiger partial charge in [-0.2, -0.15) is 11.3 Å². The zero-order chi connectivity index (χ0) is 13.3. The predicted molar refractivity (Wildman–Crippen MR) is 81.1 cm³/mol. The first-order valence-corrected chi connectivity index (χ1v) is 7.70. The van der Waals surface area contributed by atoms with E-state index >= 15 is 0 Å². The number of benzene rings is 1. The summed E-state index contributed by atoms with van der Waals surface area (Å²) in [5, 5.41) is 7.53. The third-order valence-corrected chi connectivity index (χ3v) is 4.60. The molecular formula is C15H12BrNOS. The standard InChI is InChI=1S/C15H12BrNOS/c16-13-3-1-11(2-4-13)15(12-6-8-19-10-12)9-14(18)5-7-17-15/h1-8,10,17H,9H2. The summed E-state index contributed by atoms with van der Waals surface area (Å²) in [5.41, 5.74) is 1.80. The van der Waals surface area contributed by atoms with Gasteiger partial charge in [-0.25, -0.2) is 0 Å². The highest BCUT2D eigenvalue weighted by Gasteiger charge is 2.37. The van der Waals surface area contributed by atoms with E-state index < -0.39 is 5.54 Å². The monoisotopic (exact) mass is 333 g/mol. The molecule has 2 nitrogen and oxygen atoms in total. The molecule has 0 amide bonds. The number of hydrogen-bond donors (Lipinski definition) is 1. The van der Waals surface area contributed by atoms with Crippen LogP contribution in [0.25, 0.3) is 0 Å². The molecule has 0 radical (unpaired) electrons. The quantitative estimate of drug-likeness (QED) is 0.904. The number of carbonyl (C=O) groups excluding carboxylic acids is 1. The number of allylic oxidation sites excluding steroid dienone is 1. The molecule has 4 heteroatoms. The third kappa shape index (κ3) is 2.26. The van der Waals surface area contributed by atoms with Gasteiger partial charge in [0.15, 0.2) is 5.78 Å². The van der Waals surface area contributed by atoms with Crippen LogP contribution < -0.4 is 5.32 Å². The van der Waals surface area contributed by atoms with Gasteiger partial charge in [0.2, 0.25) is 0 Å². The lowest BCUT2D eigenvalue weighted by Crippen LogP contribution is -2.44. The Morgan fingerprint density at radius 2 is 1.95 bits per heavy atom. The zero-order valence-electron chi connectivity index (χ0n) is 10.1. The molecular weight excluding hydrogens is 322 g/mol. The summed E-state index contributed by atoms with van der Waals surface area (Å²) < 4.78 is 1.04. The Hall–Kier alpha value is -1.39. The minimum atomic E-state index is -0.438. The van der Waals surface area contributed by atoms with Crippen LogP contribution in [-0.4, -0.2) is 5.78 Å². The minimum Gasteiger partial charge on any atom is -0.377 e. The Kier molecular flexibility index (Phi) is 3.29. The van der Waals surface area contributed by atoms with Crippen LogP contribution in [0.3, 0.4) is 0 Å². The molecule has 0 saturated heterocycles. The van der Waals surface area contributed by atoms with Gasteiger partial charge < -0.3 is 5.32 Å². The van der Waals surface area contributed by atoms with E-state index in [0.29, 0.717) is 6.42 Å². The summed E-state index contributed by atoms with van der Waals surface area (Å²) >= 11 is 5.09. The minimum absolute atomic E-state index is 0.146. The van der Waals surface area contributed by atoms with E-state index in [1.54, 1.807) is 23.6 Å². The van der Waals surface area contributed by atoms with Gasteiger partial charge in [0.1, 0.15) is 0 Å². The topological polar surface area (TPSA) is 29.1 Å². The van der Waals surface area contributed by atoms with Gasteiger partial charge in [0, 0.05) is 17.1 Å². The molecule has 3 rings (SSSR count). The van der Waals surface area contributed by atoms with E-state index in [4.69, 9.17) is 0 Å². The van der Waals surface area contributed by atoms with Crippen LogP contribution >= 0.6 is 27.3 Å². The van der Waals surface area contributed by atoms with Crippen molar-refractivity contribution >= 4 is 33.0 Å². The molecule has 0 saturated carbocycles. The second kappa shape index (κ2) is 4.94. The normalized spacial score (nSPS) is 22.3. The van der Waals surface area contributed by atoms with Gasteiger partial charge in [-0.15, -0.1) is 0 Å². The second-order valence-electron chi connectivity index (χ2n) is 4.55. The van der Waals surface area contributed by atoms with E-state index in [9.17, 15) is 4.79 Å². The van der Waals surface area contributed by atoms with Gasteiger partial charge >= 0.3 is 0 Å². The maximum absolute atomic E-state index is 11.9. The SMILES string of the molecule is O=C1C=CNC(c2ccc(Br)cc2)(c2ccsc2)C1. The molecule has 1 unspecified atom stereocenters. The Bertz CT molecular complexity index is 618. The van der Waals surface area contributed by atoms with Crippen LogP contribution in [-0.2, 0) is 10.3 Å². The largest absolute Gasteiger partial charge is 0.377 e. The molecule has 1 aliphatic rings. The molecule has 96 valence electrons. The first-order valence-electron chi connectivity index (χ1n) is 5.96. The Morgan fingerprint density at radius 3 is 2.58 bits per heavy atom. The second-order valence-corrected chi connectivity index (χ2v) is 6.24. The summed E-state index contributed by atoms with van der Waals surface area (Å²) in [6, 6.07) is 10.2. The summed E-state index contributed by atoms with van der Waals surface area (Å²) in [6.45, 7) is 0. The van der Waals surface area contributed by atoms with E-state index in [-0.39, 0.29) is 5.78 Å². The van der Waals surface area contributed by atoms with Gasteiger partial charge in [-0.1, -0.05) is 28.1 Å². The third-order valence-electron chi connectivity index (χ3n) is 3.39.